The van der Waals surface area contributed by atoms with E-state index in [2.05, 4.69) is 0 Å². The highest BCUT2D eigenvalue weighted by Gasteiger charge is 2.03. The van der Waals surface area contributed by atoms with Crippen LogP contribution in [0.4, 0.5) is 5.69 Å². The first kappa shape index (κ1) is 15.0. The minimum Gasteiger partial charge on any atom is -0.490 e. The third kappa shape index (κ3) is 4.31. The number of aryl methyl sites for hydroxylation is 1. The average Bonchev–Trinajstić information content (AvgIpc) is 2.49. The summed E-state index contributed by atoms with van der Waals surface area (Å²) in [6, 6.07) is 13.2. The second-order valence-corrected chi connectivity index (χ2v) is 4.60. The molecule has 2 aromatic carbocycles. The molecule has 0 spiro atoms. The average molecular weight is 287 g/mol. The topological polar surface area (TPSA) is 53.7 Å². The van der Waals surface area contributed by atoms with Crippen molar-refractivity contribution in [3.05, 3.63) is 48.0 Å². The highest BCUT2D eigenvalue weighted by molar-refractivity contribution is 5.49. The Bertz CT molecular complexity index is 584. The highest BCUT2D eigenvalue weighted by atomic mass is 16.5. The van der Waals surface area contributed by atoms with Crippen molar-refractivity contribution in [1.82, 2.24) is 0 Å². The molecule has 0 aromatic heterocycles. The molecule has 2 rings (SSSR count). The van der Waals surface area contributed by atoms with Crippen LogP contribution in [0.2, 0.25) is 0 Å². The van der Waals surface area contributed by atoms with Gasteiger partial charge in [0.1, 0.15) is 19.0 Å². The predicted molar refractivity (Wildman–Crippen MR) is 84.2 cm³/mol. The molecule has 21 heavy (non-hydrogen) atoms. The molecule has 0 atom stereocenters. The van der Waals surface area contributed by atoms with Crippen molar-refractivity contribution < 1.29 is 14.2 Å². The van der Waals surface area contributed by atoms with Crippen LogP contribution in [0.15, 0.2) is 42.5 Å². The molecule has 4 heteroatoms. The molecule has 0 fully saturated rings. The van der Waals surface area contributed by atoms with Gasteiger partial charge in [-0.25, -0.2) is 0 Å². The zero-order valence-electron chi connectivity index (χ0n) is 12.5. The van der Waals surface area contributed by atoms with Crippen LogP contribution in [-0.4, -0.2) is 19.8 Å². The number of rotatable bonds is 7. The van der Waals surface area contributed by atoms with Crippen LogP contribution in [0.1, 0.15) is 12.5 Å². The number of nitrogen functional groups attached to an aromatic ring is 1. The van der Waals surface area contributed by atoms with Gasteiger partial charge in [0.25, 0.3) is 0 Å². The van der Waals surface area contributed by atoms with Crippen molar-refractivity contribution in [2.45, 2.75) is 13.8 Å². The minimum atomic E-state index is 0.452. The zero-order valence-corrected chi connectivity index (χ0v) is 12.5. The quantitative estimate of drug-likeness (QED) is 0.626. The van der Waals surface area contributed by atoms with E-state index in [1.807, 2.05) is 56.3 Å². The van der Waals surface area contributed by atoms with Gasteiger partial charge in [0.05, 0.1) is 6.61 Å². The molecule has 0 saturated heterocycles. The number of hydrogen-bond acceptors (Lipinski definition) is 4. The molecule has 0 aliphatic rings. The maximum atomic E-state index is 5.77. The van der Waals surface area contributed by atoms with Gasteiger partial charge in [-0.3, -0.25) is 0 Å². The summed E-state index contributed by atoms with van der Waals surface area (Å²) >= 11 is 0. The van der Waals surface area contributed by atoms with Gasteiger partial charge in [-0.1, -0.05) is 12.1 Å². The van der Waals surface area contributed by atoms with E-state index in [0.29, 0.717) is 19.8 Å². The minimum absolute atomic E-state index is 0.452. The van der Waals surface area contributed by atoms with Crippen molar-refractivity contribution >= 4 is 5.69 Å². The lowest BCUT2D eigenvalue weighted by Crippen LogP contribution is -2.10. The Hall–Kier alpha value is -2.36. The van der Waals surface area contributed by atoms with Gasteiger partial charge in [0, 0.05) is 5.69 Å². The number of hydrogen-bond donors (Lipinski definition) is 1. The number of nitrogens with two attached hydrogens (primary N) is 1. The van der Waals surface area contributed by atoms with Crippen LogP contribution >= 0.6 is 0 Å². The fraction of sp³-hybridized carbons (Fsp3) is 0.294. The number of benzene rings is 2. The summed E-state index contributed by atoms with van der Waals surface area (Å²) in [5, 5.41) is 0. The molecule has 112 valence electrons. The molecule has 0 bridgehead atoms. The summed E-state index contributed by atoms with van der Waals surface area (Å²) in [6.45, 7) is 5.43. The van der Waals surface area contributed by atoms with E-state index in [1.165, 1.54) is 0 Å². The Labute approximate surface area is 125 Å². The monoisotopic (exact) mass is 287 g/mol. The second kappa shape index (κ2) is 7.43. The molecule has 0 amide bonds. The number of anilines is 1. The molecule has 0 radical (unpaired) electrons. The summed E-state index contributed by atoms with van der Waals surface area (Å²) in [7, 11) is 0. The largest absolute Gasteiger partial charge is 0.490 e. The van der Waals surface area contributed by atoms with Crippen LogP contribution in [0.25, 0.3) is 0 Å². The van der Waals surface area contributed by atoms with Crippen molar-refractivity contribution in [2.24, 2.45) is 0 Å². The fourth-order valence-electron chi connectivity index (χ4n) is 1.89. The first-order valence-electron chi connectivity index (χ1n) is 7.04. The van der Waals surface area contributed by atoms with Crippen LogP contribution < -0.4 is 19.9 Å². The molecular formula is C17H21NO3. The first-order chi connectivity index (χ1) is 10.2. The molecule has 0 saturated carbocycles. The van der Waals surface area contributed by atoms with Gasteiger partial charge in [-0.05, 0) is 49.7 Å². The Morgan fingerprint density at radius 1 is 0.905 bits per heavy atom. The van der Waals surface area contributed by atoms with Gasteiger partial charge in [-0.2, -0.15) is 0 Å². The lowest BCUT2D eigenvalue weighted by molar-refractivity contribution is 0.208. The van der Waals surface area contributed by atoms with Crippen molar-refractivity contribution in [3.63, 3.8) is 0 Å². The van der Waals surface area contributed by atoms with E-state index in [4.69, 9.17) is 19.9 Å². The van der Waals surface area contributed by atoms with Crippen molar-refractivity contribution in [3.8, 4) is 17.2 Å². The normalized spacial score (nSPS) is 10.2. The van der Waals surface area contributed by atoms with E-state index < -0.39 is 0 Å². The summed E-state index contributed by atoms with van der Waals surface area (Å²) in [4.78, 5) is 0. The third-order valence-corrected chi connectivity index (χ3v) is 3.00. The smallest absolute Gasteiger partial charge is 0.161 e. The standard InChI is InChI=1S/C17H21NO3/c1-3-19-16-6-4-5-7-17(16)21-11-10-20-14-8-9-15(18)13(2)12-14/h4-9,12H,3,10-11,18H2,1-2H3. The zero-order chi connectivity index (χ0) is 15.1. The molecule has 2 aromatic rings. The van der Waals surface area contributed by atoms with E-state index >= 15 is 0 Å². The lowest BCUT2D eigenvalue weighted by Gasteiger charge is -2.12. The summed E-state index contributed by atoms with van der Waals surface area (Å²) < 4.78 is 16.8. The van der Waals surface area contributed by atoms with Crippen LogP contribution in [0, 0.1) is 6.92 Å². The predicted octanol–water partition coefficient (Wildman–Crippen LogP) is 3.43. The van der Waals surface area contributed by atoms with Crippen molar-refractivity contribution in [2.75, 3.05) is 25.6 Å². The van der Waals surface area contributed by atoms with E-state index in [-0.39, 0.29) is 0 Å². The molecule has 0 heterocycles. The van der Waals surface area contributed by atoms with Gasteiger partial charge < -0.3 is 19.9 Å². The number of ether oxygens (including phenoxy) is 3. The van der Waals surface area contributed by atoms with Crippen LogP contribution in [0.5, 0.6) is 17.2 Å². The molecule has 0 unspecified atom stereocenters. The van der Waals surface area contributed by atoms with Gasteiger partial charge in [0.15, 0.2) is 11.5 Å². The first-order valence-corrected chi connectivity index (χ1v) is 7.04. The summed E-state index contributed by atoms with van der Waals surface area (Å²) in [5.41, 5.74) is 7.55. The van der Waals surface area contributed by atoms with Gasteiger partial charge >= 0.3 is 0 Å². The van der Waals surface area contributed by atoms with E-state index in [9.17, 15) is 0 Å². The Balaban J connectivity index is 1.83. The lowest BCUT2D eigenvalue weighted by atomic mass is 10.2. The second-order valence-electron chi connectivity index (χ2n) is 4.60. The molecule has 0 aliphatic carbocycles. The summed E-state index contributed by atoms with van der Waals surface area (Å²) in [6.07, 6.45) is 0. The van der Waals surface area contributed by atoms with Gasteiger partial charge in [0.2, 0.25) is 0 Å². The Kier molecular flexibility index (Phi) is 5.32. The van der Waals surface area contributed by atoms with E-state index in [1.54, 1.807) is 0 Å². The SMILES string of the molecule is CCOc1ccccc1OCCOc1ccc(N)c(C)c1. The third-order valence-electron chi connectivity index (χ3n) is 3.00. The molecular weight excluding hydrogens is 266 g/mol. The Morgan fingerprint density at radius 2 is 1.57 bits per heavy atom. The van der Waals surface area contributed by atoms with E-state index in [0.717, 1.165) is 28.5 Å². The highest BCUT2D eigenvalue weighted by Crippen LogP contribution is 2.26. The maximum absolute atomic E-state index is 5.77. The van der Waals surface area contributed by atoms with Gasteiger partial charge in [-0.15, -0.1) is 0 Å². The molecule has 4 nitrogen and oxygen atoms in total. The molecule has 0 aliphatic heterocycles. The van der Waals surface area contributed by atoms with Crippen molar-refractivity contribution in [1.29, 1.82) is 0 Å². The summed E-state index contributed by atoms with van der Waals surface area (Å²) in [5.74, 6) is 2.28. The fourth-order valence-corrected chi connectivity index (χ4v) is 1.89. The van der Waals surface area contributed by atoms with Crippen LogP contribution in [-0.2, 0) is 0 Å². The van der Waals surface area contributed by atoms with Crippen LogP contribution in [0.3, 0.4) is 0 Å². The molecule has 2 N–H and O–H groups in total. The number of para-hydroxylation sites is 2. The Morgan fingerprint density at radius 3 is 2.24 bits per heavy atom. The maximum Gasteiger partial charge on any atom is 0.161 e.